The van der Waals surface area contributed by atoms with Crippen LogP contribution < -0.4 is 25.7 Å². The summed E-state index contributed by atoms with van der Waals surface area (Å²) < 4.78 is 90.9. The van der Waals surface area contributed by atoms with E-state index in [2.05, 4.69) is 70.5 Å². The van der Waals surface area contributed by atoms with Gasteiger partial charge in [0.1, 0.15) is 53.9 Å². The average Bonchev–Trinajstić information content (AvgIpc) is 1.74. The molecule has 2 fully saturated rings. The van der Waals surface area contributed by atoms with E-state index in [9.17, 15) is 29.1 Å². The Morgan fingerprint density at radius 1 is 0.717 bits per heavy atom. The van der Waals surface area contributed by atoms with Gasteiger partial charge in [0.05, 0.1) is 59.2 Å². The lowest BCUT2D eigenvalue weighted by molar-refractivity contribution is -0.118. The fourth-order valence-electron chi connectivity index (χ4n) is 11.0. The monoisotopic (exact) mass is 1450 g/mol. The fourth-order valence-corrected chi connectivity index (χ4v) is 16.1. The fraction of sp³-hybridized carbons (Fsp3) is 0.448. The number of methoxy groups -OCH3 is 2. The minimum Gasteiger partial charge on any atom is -0.497 e. The molecule has 4 aromatic carbocycles. The van der Waals surface area contributed by atoms with Gasteiger partial charge in [-0.15, -0.1) is 9.42 Å². The molecule has 2 unspecified atom stereocenters. The van der Waals surface area contributed by atoms with Crippen molar-refractivity contribution < 1.29 is 69.7 Å². The van der Waals surface area contributed by atoms with E-state index in [-0.39, 0.29) is 53.7 Å². The number of nitriles is 1. The van der Waals surface area contributed by atoms with E-state index in [1.165, 1.54) is 23.5 Å². The molecule has 32 heteroatoms. The number of imidazole rings is 2. The van der Waals surface area contributed by atoms with E-state index >= 15 is 0 Å². The average molecular weight is 1450 g/mol. The zero-order chi connectivity index (χ0) is 71.4. The molecule has 2 aliphatic heterocycles. The van der Waals surface area contributed by atoms with Gasteiger partial charge in [-0.05, 0) is 101 Å². The third-order valence-electron chi connectivity index (χ3n) is 18.4. The predicted octanol–water partition coefficient (Wildman–Crippen LogP) is 12.0. The number of carbonyl (C=O) groups excluding carboxylic acids is 2. The number of nitrogens with zero attached hydrogens (tertiary/aromatic N) is 8. The van der Waals surface area contributed by atoms with Crippen molar-refractivity contribution in [1.82, 2.24) is 39.0 Å². The quantitative estimate of drug-likeness (QED) is 0.0153. The zero-order valence-corrected chi connectivity index (χ0v) is 62.2. The van der Waals surface area contributed by atoms with Gasteiger partial charge in [0.15, 0.2) is 63.3 Å². The van der Waals surface area contributed by atoms with Gasteiger partial charge in [-0.1, -0.05) is 128 Å². The van der Waals surface area contributed by atoms with Gasteiger partial charge in [-0.3, -0.25) is 38.3 Å². The number of fused-ring (bicyclic) bond motifs is 2. The number of carbonyl (C=O) groups is 2. The van der Waals surface area contributed by atoms with Gasteiger partial charge in [0.25, 0.3) is 11.5 Å². The third kappa shape index (κ3) is 16.2. The van der Waals surface area contributed by atoms with Gasteiger partial charge in [0.2, 0.25) is 11.9 Å². The molecule has 2 aliphatic rings. The van der Waals surface area contributed by atoms with Gasteiger partial charge in [0, 0.05) is 16.0 Å². The zero-order valence-electron chi connectivity index (χ0n) is 57.6. The first kappa shape index (κ1) is 74.3. The van der Waals surface area contributed by atoms with Crippen LogP contribution in [0.5, 0.6) is 11.5 Å². The number of benzene rings is 4. The van der Waals surface area contributed by atoms with E-state index in [0.717, 1.165) is 16.7 Å². The number of hydrogen-bond acceptors (Lipinski definition) is 22. The largest absolute Gasteiger partial charge is 0.695 e. The maximum atomic E-state index is 13.8. The molecule has 2 saturated heterocycles. The number of aromatic amines is 1. The Hall–Kier alpha value is -7.41. The van der Waals surface area contributed by atoms with Crippen LogP contribution in [0.4, 0.5) is 11.8 Å². The van der Waals surface area contributed by atoms with E-state index in [1.807, 2.05) is 113 Å². The molecule has 0 radical (unpaired) electrons. The van der Waals surface area contributed by atoms with Crippen molar-refractivity contribution >= 4 is 89.3 Å². The molecule has 0 spiro atoms. The molecule has 27 nitrogen and oxygen atoms in total. The van der Waals surface area contributed by atoms with Gasteiger partial charge >= 0.3 is 15.0 Å². The Balaban J connectivity index is 1.11. The lowest BCUT2D eigenvalue weighted by Crippen LogP contribution is -2.51. The van der Waals surface area contributed by atoms with Crippen molar-refractivity contribution in [3.63, 3.8) is 0 Å². The van der Waals surface area contributed by atoms with E-state index < -0.39 is 126 Å². The smallest absolute Gasteiger partial charge is 0.497 e. The molecule has 10 atom stereocenters. The molecular weight excluding hydrogens is 1360 g/mol. The van der Waals surface area contributed by atoms with Crippen molar-refractivity contribution in [2.45, 2.75) is 153 Å². The van der Waals surface area contributed by atoms with Gasteiger partial charge < -0.3 is 46.9 Å². The van der Waals surface area contributed by atoms with E-state index in [0.29, 0.717) is 17.1 Å². The summed E-state index contributed by atoms with van der Waals surface area (Å²) >= 11 is 6.55. The van der Waals surface area contributed by atoms with Crippen molar-refractivity contribution in [1.29, 1.82) is 5.26 Å². The molecule has 0 bridgehead atoms. The number of nitrogens with one attached hydrogen (secondary N) is 3. The maximum absolute atomic E-state index is 13.8. The van der Waals surface area contributed by atoms with Crippen LogP contribution in [0.15, 0.2) is 133 Å². The predicted molar refractivity (Wildman–Crippen MR) is 378 cm³/mol. The molecule has 0 saturated carbocycles. The first-order chi connectivity index (χ1) is 46.9. The molecule has 10 rings (SSSR count). The van der Waals surface area contributed by atoms with Gasteiger partial charge in [-0.25, -0.2) is 19.9 Å². The van der Waals surface area contributed by atoms with Crippen LogP contribution in [0.2, 0.25) is 36.3 Å². The summed E-state index contributed by atoms with van der Waals surface area (Å²) in [6.07, 6.45) is -6.23. The van der Waals surface area contributed by atoms with Crippen LogP contribution in [-0.2, 0) is 67.9 Å². The number of aromatic nitrogens is 8. The number of ether oxygens (including phenoxy) is 5. The topological polar surface area (TPSA) is 328 Å². The molecule has 8 aromatic rings. The highest BCUT2D eigenvalue weighted by Crippen LogP contribution is 2.57. The molecular formula is C67H84N11O16P2SSi2+. The standard InChI is InChI=1S/C67H83N11O16P2SSi2/c1-41(2)59(79)75-64-74-58-51(61(81)76-64)72-40-78(58)63-55(94-99(13,14)66(6,7)8)52(91-95(82)83)49(90-63)37-88-96(97,87-35-21-34-68)92-54-53(93-98(11,12)65(3,4)5)48(89-62(54)77-39-71-50-56(69-38-70-57(50)77)73-60(80)42-22-17-15-18-23-42)36-86-67(43-24-19-16-20-25-43,44-26-30-46(84-9)31-27-44)45-28-32-47(85-10)33-29-45/h15-20,22-33,38-41,48-49,52-55,62-63H,21,35-37H2,1-14H3,(H3-,69,70,73,74,75,76,79,80,81,82,83)/p+1/t48-,49-,52-,53-,54-,55-,62-,63-,96?/m1/s1. The van der Waals surface area contributed by atoms with Crippen LogP contribution in [0, 0.1) is 17.2 Å². The van der Waals surface area contributed by atoms with Gasteiger partial charge in [-0.2, -0.15) is 10.2 Å². The van der Waals surface area contributed by atoms with Crippen molar-refractivity contribution in [2.75, 3.05) is 44.7 Å². The van der Waals surface area contributed by atoms with E-state index in [1.54, 1.807) is 63.0 Å². The summed E-state index contributed by atoms with van der Waals surface area (Å²) in [5.41, 5.74) is 0.786. The Morgan fingerprint density at radius 3 is 1.81 bits per heavy atom. The number of amides is 2. The lowest BCUT2D eigenvalue weighted by Gasteiger charge is -2.42. The lowest BCUT2D eigenvalue weighted by atomic mass is 9.80. The highest BCUT2D eigenvalue weighted by molar-refractivity contribution is 8.07. The van der Waals surface area contributed by atoms with E-state index in [4.69, 9.17) is 72.4 Å². The Kier molecular flexibility index (Phi) is 22.8. The molecule has 0 aliphatic carbocycles. The number of hydrogen-bond donors (Lipinski definition) is 4. The summed E-state index contributed by atoms with van der Waals surface area (Å²) in [7, 11) is -6.12. The van der Waals surface area contributed by atoms with Crippen LogP contribution in [0.1, 0.15) is 101 Å². The van der Waals surface area contributed by atoms with Crippen molar-refractivity contribution in [3.05, 3.63) is 161 Å². The van der Waals surface area contributed by atoms with Crippen LogP contribution >= 0.6 is 15.0 Å². The molecule has 6 heterocycles. The molecule has 99 heavy (non-hydrogen) atoms. The third-order valence-corrected chi connectivity index (χ3v) is 30.1. The van der Waals surface area contributed by atoms with Crippen molar-refractivity contribution in [3.8, 4) is 17.6 Å². The summed E-state index contributed by atoms with van der Waals surface area (Å²) in [5.74, 6) is -0.190. The second kappa shape index (κ2) is 30.4. The summed E-state index contributed by atoms with van der Waals surface area (Å²) in [6, 6.07) is 35.7. The second-order valence-electron chi connectivity index (χ2n) is 27.2. The van der Waals surface area contributed by atoms with Crippen LogP contribution in [-0.4, -0.2) is 143 Å². The maximum Gasteiger partial charge on any atom is 0.695 e. The first-order valence-corrected chi connectivity index (χ1v) is 41.7. The molecule has 4 N–H and O–H groups in total. The minimum absolute atomic E-state index is 0.0239. The highest BCUT2D eigenvalue weighted by Gasteiger charge is 2.58. The number of H-pyrrole nitrogens is 1. The Labute approximate surface area is 582 Å². The minimum atomic E-state index is -4.37. The first-order valence-electron chi connectivity index (χ1n) is 32.2. The molecule has 526 valence electrons. The van der Waals surface area contributed by atoms with Crippen LogP contribution in [0.3, 0.4) is 0 Å². The SMILES string of the molecule is COc1ccc(C(OC[C@H]2O[C@@H](n3cnc4c(NC(=O)c5ccccc5)ncnc43)[C@H](OP(=S)(OCCC#N)OC[C@H]3O[C@@H](n4cnc5c(=O)[nH]c(NC(=O)C(C)C)nc54)[C@H](O[Si](C)(C)C(C)(C)C)[C@@H]3O[P+](=O)O)[C@@H]2O[Si](C)(C)C(C)(C)C)(c2ccccc2)c2ccc(OC)cc2)cc1. The Morgan fingerprint density at radius 2 is 1.25 bits per heavy atom. The summed E-state index contributed by atoms with van der Waals surface area (Å²) in [5, 5.41) is 14.7. The van der Waals surface area contributed by atoms with Crippen molar-refractivity contribution in [2.24, 2.45) is 5.92 Å². The highest BCUT2D eigenvalue weighted by atomic mass is 32.5. The van der Waals surface area contributed by atoms with Crippen LogP contribution in [0.25, 0.3) is 22.3 Å². The normalized spacial score (nSPS) is 20.8. The molecule has 4 aromatic heterocycles. The number of anilines is 2. The summed E-state index contributed by atoms with van der Waals surface area (Å²) in [4.78, 5) is 76.8. The second-order valence-corrected chi connectivity index (χ2v) is 40.4. The Bertz CT molecular complexity index is 4280. The summed E-state index contributed by atoms with van der Waals surface area (Å²) in [6.45, 7) is 18.3. The molecule has 2 amide bonds. The number of rotatable bonds is 28.